The van der Waals surface area contributed by atoms with Gasteiger partial charge in [0.15, 0.2) is 0 Å². The second kappa shape index (κ2) is 8.89. The molecule has 0 aliphatic heterocycles. The van der Waals surface area contributed by atoms with Crippen LogP contribution < -0.4 is 10.6 Å². The van der Waals surface area contributed by atoms with Crippen LogP contribution in [0.5, 0.6) is 0 Å². The standard InChI is InChI=1S/C13H18N2O5/c1-19-8-9-20-7-6-14-13(18)15-11-5-3-2-4-10(11)12(16)17/h2-5H,6-9H2,1H3,(H,16,17)(H2,14,15,18). The number of carbonyl (C=O) groups excluding carboxylic acids is 1. The lowest BCUT2D eigenvalue weighted by Crippen LogP contribution is -2.32. The number of hydrogen-bond acceptors (Lipinski definition) is 4. The van der Waals surface area contributed by atoms with Gasteiger partial charge in [0, 0.05) is 13.7 Å². The van der Waals surface area contributed by atoms with Crippen LogP contribution in [0.4, 0.5) is 10.5 Å². The zero-order valence-electron chi connectivity index (χ0n) is 11.2. The number of hydrogen-bond donors (Lipinski definition) is 3. The Labute approximate surface area is 116 Å². The molecule has 0 radical (unpaired) electrons. The minimum Gasteiger partial charge on any atom is -0.478 e. The van der Waals surface area contributed by atoms with Gasteiger partial charge in [-0.3, -0.25) is 0 Å². The van der Waals surface area contributed by atoms with Crippen LogP contribution in [-0.4, -0.2) is 50.6 Å². The van der Waals surface area contributed by atoms with E-state index in [-0.39, 0.29) is 11.3 Å². The maximum absolute atomic E-state index is 11.6. The molecule has 0 fully saturated rings. The van der Waals surface area contributed by atoms with Crippen LogP contribution in [0.3, 0.4) is 0 Å². The lowest BCUT2D eigenvalue weighted by molar-refractivity contribution is 0.0698. The van der Waals surface area contributed by atoms with E-state index in [0.717, 1.165) is 0 Å². The number of amides is 2. The summed E-state index contributed by atoms with van der Waals surface area (Å²) in [4.78, 5) is 22.5. The van der Waals surface area contributed by atoms with E-state index in [2.05, 4.69) is 10.6 Å². The molecule has 3 N–H and O–H groups in total. The highest BCUT2D eigenvalue weighted by Crippen LogP contribution is 2.14. The molecule has 0 heterocycles. The van der Waals surface area contributed by atoms with Gasteiger partial charge >= 0.3 is 12.0 Å². The van der Waals surface area contributed by atoms with Gasteiger partial charge in [0.1, 0.15) is 0 Å². The summed E-state index contributed by atoms with van der Waals surface area (Å²) in [5.74, 6) is -1.09. The number of carbonyl (C=O) groups is 2. The first-order chi connectivity index (χ1) is 9.65. The fourth-order valence-electron chi connectivity index (χ4n) is 1.43. The van der Waals surface area contributed by atoms with Crippen LogP contribution in [-0.2, 0) is 9.47 Å². The van der Waals surface area contributed by atoms with Gasteiger partial charge in [0.25, 0.3) is 0 Å². The molecule has 0 unspecified atom stereocenters. The lowest BCUT2D eigenvalue weighted by atomic mass is 10.2. The first-order valence-corrected chi connectivity index (χ1v) is 6.09. The Bertz CT molecular complexity index is 450. The number of anilines is 1. The number of para-hydroxylation sites is 1. The number of urea groups is 1. The van der Waals surface area contributed by atoms with Gasteiger partial charge in [-0.15, -0.1) is 0 Å². The molecule has 1 aromatic rings. The SMILES string of the molecule is COCCOCCNC(=O)Nc1ccccc1C(=O)O. The molecule has 1 aromatic carbocycles. The minimum absolute atomic E-state index is 0.0407. The smallest absolute Gasteiger partial charge is 0.337 e. The van der Waals surface area contributed by atoms with Crippen LogP contribution >= 0.6 is 0 Å². The summed E-state index contributed by atoms with van der Waals surface area (Å²) in [6.07, 6.45) is 0. The summed E-state index contributed by atoms with van der Waals surface area (Å²) in [7, 11) is 1.58. The van der Waals surface area contributed by atoms with Crippen molar-refractivity contribution in [2.75, 3.05) is 38.8 Å². The van der Waals surface area contributed by atoms with Gasteiger partial charge in [-0.25, -0.2) is 9.59 Å². The third-order valence-corrected chi connectivity index (χ3v) is 2.37. The summed E-state index contributed by atoms with van der Waals surface area (Å²) in [5, 5.41) is 14.0. The van der Waals surface area contributed by atoms with E-state index in [1.54, 1.807) is 19.2 Å². The molecule has 0 saturated carbocycles. The number of methoxy groups -OCH3 is 1. The minimum atomic E-state index is -1.09. The number of rotatable bonds is 8. The predicted molar refractivity (Wildman–Crippen MR) is 73.1 cm³/mol. The summed E-state index contributed by atoms with van der Waals surface area (Å²) < 4.78 is 9.98. The largest absolute Gasteiger partial charge is 0.478 e. The molecule has 0 aromatic heterocycles. The number of carboxylic acids is 1. The van der Waals surface area contributed by atoms with Crippen molar-refractivity contribution in [1.82, 2.24) is 5.32 Å². The molecule has 0 atom stereocenters. The van der Waals surface area contributed by atoms with Crippen LogP contribution in [0, 0.1) is 0 Å². The maximum Gasteiger partial charge on any atom is 0.337 e. The van der Waals surface area contributed by atoms with Crippen LogP contribution in [0.1, 0.15) is 10.4 Å². The molecule has 20 heavy (non-hydrogen) atoms. The van der Waals surface area contributed by atoms with Crippen molar-refractivity contribution in [2.24, 2.45) is 0 Å². The van der Waals surface area contributed by atoms with E-state index < -0.39 is 12.0 Å². The number of benzene rings is 1. The number of aromatic carboxylic acids is 1. The van der Waals surface area contributed by atoms with E-state index in [9.17, 15) is 9.59 Å². The van der Waals surface area contributed by atoms with E-state index in [1.165, 1.54) is 12.1 Å². The molecular weight excluding hydrogens is 264 g/mol. The van der Waals surface area contributed by atoms with E-state index in [4.69, 9.17) is 14.6 Å². The van der Waals surface area contributed by atoms with E-state index >= 15 is 0 Å². The maximum atomic E-state index is 11.6. The molecule has 0 saturated heterocycles. The highest BCUT2D eigenvalue weighted by atomic mass is 16.5. The van der Waals surface area contributed by atoms with E-state index in [1.807, 2.05) is 0 Å². The Morgan fingerprint density at radius 1 is 1.20 bits per heavy atom. The normalized spacial score (nSPS) is 10.1. The van der Waals surface area contributed by atoms with Gasteiger partial charge < -0.3 is 25.2 Å². The first-order valence-electron chi connectivity index (χ1n) is 6.09. The Balaban J connectivity index is 2.34. The predicted octanol–water partition coefficient (Wildman–Crippen LogP) is 1.17. The number of nitrogens with one attached hydrogen (secondary N) is 2. The number of carboxylic acid groups (broad SMARTS) is 1. The van der Waals surface area contributed by atoms with Crippen molar-refractivity contribution in [3.8, 4) is 0 Å². The Hall–Kier alpha value is -2.12. The van der Waals surface area contributed by atoms with Crippen LogP contribution in [0.25, 0.3) is 0 Å². The zero-order chi connectivity index (χ0) is 14.8. The zero-order valence-corrected chi connectivity index (χ0v) is 11.2. The van der Waals surface area contributed by atoms with Crippen molar-refractivity contribution >= 4 is 17.7 Å². The van der Waals surface area contributed by atoms with E-state index in [0.29, 0.717) is 26.4 Å². The highest BCUT2D eigenvalue weighted by Gasteiger charge is 2.10. The molecule has 1 rings (SSSR count). The number of ether oxygens (including phenoxy) is 2. The molecule has 2 amide bonds. The molecule has 0 aliphatic carbocycles. The highest BCUT2D eigenvalue weighted by molar-refractivity contribution is 5.99. The van der Waals surface area contributed by atoms with Crippen LogP contribution in [0.15, 0.2) is 24.3 Å². The van der Waals surface area contributed by atoms with Crippen LogP contribution in [0.2, 0.25) is 0 Å². The summed E-state index contributed by atoms with van der Waals surface area (Å²) in [5.41, 5.74) is 0.289. The summed E-state index contributed by atoms with van der Waals surface area (Å²) in [6, 6.07) is 5.71. The van der Waals surface area contributed by atoms with Crippen molar-refractivity contribution < 1.29 is 24.2 Å². The fraction of sp³-hybridized carbons (Fsp3) is 0.385. The van der Waals surface area contributed by atoms with Crippen molar-refractivity contribution in [3.05, 3.63) is 29.8 Å². The molecule has 7 heteroatoms. The van der Waals surface area contributed by atoms with Crippen molar-refractivity contribution in [3.63, 3.8) is 0 Å². The van der Waals surface area contributed by atoms with Gasteiger partial charge in [0.05, 0.1) is 31.1 Å². The van der Waals surface area contributed by atoms with Gasteiger partial charge in [-0.2, -0.15) is 0 Å². The topological polar surface area (TPSA) is 96.9 Å². The average Bonchev–Trinajstić information content (AvgIpc) is 2.43. The fourth-order valence-corrected chi connectivity index (χ4v) is 1.43. The second-order valence-corrected chi connectivity index (χ2v) is 3.84. The summed E-state index contributed by atoms with van der Waals surface area (Å²) in [6.45, 7) is 1.64. The Morgan fingerprint density at radius 2 is 1.95 bits per heavy atom. The average molecular weight is 282 g/mol. The lowest BCUT2D eigenvalue weighted by Gasteiger charge is -2.10. The van der Waals surface area contributed by atoms with Gasteiger partial charge in [0.2, 0.25) is 0 Å². The summed E-state index contributed by atoms with van der Waals surface area (Å²) >= 11 is 0. The third kappa shape index (κ3) is 5.68. The third-order valence-electron chi connectivity index (χ3n) is 2.37. The van der Waals surface area contributed by atoms with Gasteiger partial charge in [-0.05, 0) is 12.1 Å². The molecule has 0 bridgehead atoms. The first kappa shape index (κ1) is 15.9. The van der Waals surface area contributed by atoms with Gasteiger partial charge in [-0.1, -0.05) is 12.1 Å². The van der Waals surface area contributed by atoms with Crippen molar-refractivity contribution in [2.45, 2.75) is 0 Å². The Kier molecular flexibility index (Phi) is 7.08. The Morgan fingerprint density at radius 3 is 2.65 bits per heavy atom. The molecule has 0 aliphatic rings. The molecular formula is C13H18N2O5. The quantitative estimate of drug-likeness (QED) is 0.622. The second-order valence-electron chi connectivity index (χ2n) is 3.84. The monoisotopic (exact) mass is 282 g/mol. The van der Waals surface area contributed by atoms with Crippen molar-refractivity contribution in [1.29, 1.82) is 0 Å². The molecule has 0 spiro atoms. The molecule has 110 valence electrons. The molecule has 7 nitrogen and oxygen atoms in total.